The SMILES string of the molecule is CC1CCC(C(O)c2occc2Br)C1. The summed E-state index contributed by atoms with van der Waals surface area (Å²) in [6.45, 7) is 2.24. The quantitative estimate of drug-likeness (QED) is 0.881. The smallest absolute Gasteiger partial charge is 0.146 e. The molecule has 0 radical (unpaired) electrons. The molecule has 3 heteroatoms. The minimum atomic E-state index is -0.440. The first-order valence-corrected chi connectivity index (χ1v) is 5.88. The Morgan fingerprint density at radius 2 is 2.36 bits per heavy atom. The molecule has 0 aliphatic heterocycles. The van der Waals surface area contributed by atoms with Gasteiger partial charge < -0.3 is 9.52 Å². The maximum absolute atomic E-state index is 10.1. The molecule has 0 spiro atoms. The van der Waals surface area contributed by atoms with E-state index in [-0.39, 0.29) is 0 Å². The zero-order valence-corrected chi connectivity index (χ0v) is 9.83. The van der Waals surface area contributed by atoms with Gasteiger partial charge >= 0.3 is 0 Å². The first-order valence-electron chi connectivity index (χ1n) is 5.09. The van der Waals surface area contributed by atoms with E-state index in [4.69, 9.17) is 4.42 Å². The third-order valence-electron chi connectivity index (χ3n) is 3.10. The number of hydrogen-bond donors (Lipinski definition) is 1. The molecular formula is C11H15BrO2. The van der Waals surface area contributed by atoms with Gasteiger partial charge in [-0.3, -0.25) is 0 Å². The standard InChI is InChI=1S/C11H15BrO2/c1-7-2-3-8(6-7)10(13)11-9(12)4-5-14-11/h4-5,7-8,10,13H,2-3,6H2,1H3. The number of aliphatic hydroxyl groups is 1. The highest BCUT2D eigenvalue weighted by atomic mass is 79.9. The molecule has 2 rings (SSSR count). The second-order valence-corrected chi connectivity index (χ2v) is 5.11. The molecular weight excluding hydrogens is 244 g/mol. The molecule has 0 bridgehead atoms. The van der Waals surface area contributed by atoms with Crippen LogP contribution in [0.4, 0.5) is 0 Å². The van der Waals surface area contributed by atoms with Crippen LogP contribution in [0.25, 0.3) is 0 Å². The van der Waals surface area contributed by atoms with Crippen LogP contribution < -0.4 is 0 Å². The maximum atomic E-state index is 10.1. The van der Waals surface area contributed by atoms with E-state index in [0.29, 0.717) is 11.7 Å². The highest BCUT2D eigenvalue weighted by Crippen LogP contribution is 2.40. The van der Waals surface area contributed by atoms with Gasteiger partial charge in [0.05, 0.1) is 10.7 Å². The van der Waals surface area contributed by atoms with Crippen LogP contribution in [0.5, 0.6) is 0 Å². The summed E-state index contributed by atoms with van der Waals surface area (Å²) in [4.78, 5) is 0. The van der Waals surface area contributed by atoms with Gasteiger partial charge in [0.2, 0.25) is 0 Å². The van der Waals surface area contributed by atoms with E-state index in [1.807, 2.05) is 6.07 Å². The monoisotopic (exact) mass is 258 g/mol. The first-order chi connectivity index (χ1) is 6.68. The van der Waals surface area contributed by atoms with Gasteiger partial charge in [-0.1, -0.05) is 13.3 Å². The number of rotatable bonds is 2. The molecule has 1 aliphatic carbocycles. The normalized spacial score (nSPS) is 29.4. The lowest BCUT2D eigenvalue weighted by Crippen LogP contribution is -2.09. The molecule has 0 amide bonds. The lowest BCUT2D eigenvalue weighted by molar-refractivity contribution is 0.0862. The minimum Gasteiger partial charge on any atom is -0.465 e. The minimum absolute atomic E-state index is 0.368. The van der Waals surface area contributed by atoms with E-state index in [1.165, 1.54) is 6.42 Å². The fourth-order valence-electron chi connectivity index (χ4n) is 2.27. The van der Waals surface area contributed by atoms with Gasteiger partial charge in [0.15, 0.2) is 0 Å². The molecule has 3 unspecified atom stereocenters. The van der Waals surface area contributed by atoms with Gasteiger partial charge in [0.25, 0.3) is 0 Å². The Kier molecular flexibility index (Phi) is 2.98. The summed E-state index contributed by atoms with van der Waals surface area (Å²) in [5, 5.41) is 10.1. The van der Waals surface area contributed by atoms with Crippen LogP contribution in [0, 0.1) is 11.8 Å². The lowest BCUT2D eigenvalue weighted by Gasteiger charge is -2.15. The Labute approximate surface area is 92.4 Å². The largest absolute Gasteiger partial charge is 0.465 e. The second kappa shape index (κ2) is 4.07. The molecule has 1 saturated carbocycles. The number of hydrogen-bond acceptors (Lipinski definition) is 2. The summed E-state index contributed by atoms with van der Waals surface area (Å²) in [5.74, 6) is 1.79. The molecule has 0 saturated heterocycles. The third-order valence-corrected chi connectivity index (χ3v) is 3.75. The number of aliphatic hydroxyl groups excluding tert-OH is 1. The molecule has 14 heavy (non-hydrogen) atoms. The highest BCUT2D eigenvalue weighted by molar-refractivity contribution is 9.10. The Morgan fingerprint density at radius 3 is 2.86 bits per heavy atom. The molecule has 3 atom stereocenters. The molecule has 78 valence electrons. The van der Waals surface area contributed by atoms with Crippen LogP contribution in [-0.2, 0) is 0 Å². The molecule has 1 aliphatic rings. The van der Waals surface area contributed by atoms with Crippen molar-refractivity contribution < 1.29 is 9.52 Å². The number of furan rings is 1. The summed E-state index contributed by atoms with van der Waals surface area (Å²) < 4.78 is 6.16. The van der Waals surface area contributed by atoms with Crippen molar-refractivity contribution in [3.8, 4) is 0 Å². The average Bonchev–Trinajstić information content (AvgIpc) is 2.73. The van der Waals surface area contributed by atoms with Crippen LogP contribution in [0.2, 0.25) is 0 Å². The fraction of sp³-hybridized carbons (Fsp3) is 0.636. The summed E-state index contributed by atoms with van der Waals surface area (Å²) >= 11 is 3.38. The topological polar surface area (TPSA) is 33.4 Å². The Morgan fingerprint density at radius 1 is 1.57 bits per heavy atom. The van der Waals surface area contributed by atoms with Crippen molar-refractivity contribution in [1.29, 1.82) is 0 Å². The van der Waals surface area contributed by atoms with Crippen LogP contribution in [0.15, 0.2) is 21.2 Å². The molecule has 2 nitrogen and oxygen atoms in total. The fourth-order valence-corrected chi connectivity index (χ4v) is 2.70. The molecule has 1 N–H and O–H groups in total. The van der Waals surface area contributed by atoms with Crippen molar-refractivity contribution in [3.63, 3.8) is 0 Å². The van der Waals surface area contributed by atoms with Crippen molar-refractivity contribution in [3.05, 3.63) is 22.6 Å². The van der Waals surface area contributed by atoms with Gasteiger partial charge in [-0.25, -0.2) is 0 Å². The Hall–Kier alpha value is -0.280. The zero-order valence-electron chi connectivity index (χ0n) is 8.24. The predicted octanol–water partition coefficient (Wildman–Crippen LogP) is 3.51. The Balaban J connectivity index is 2.09. The second-order valence-electron chi connectivity index (χ2n) is 4.26. The highest BCUT2D eigenvalue weighted by Gasteiger charge is 2.31. The van der Waals surface area contributed by atoms with Crippen molar-refractivity contribution in [2.24, 2.45) is 11.8 Å². The van der Waals surface area contributed by atoms with Crippen molar-refractivity contribution >= 4 is 15.9 Å². The predicted molar refractivity (Wildman–Crippen MR) is 57.9 cm³/mol. The third kappa shape index (κ3) is 1.89. The van der Waals surface area contributed by atoms with Gasteiger partial charge in [-0.2, -0.15) is 0 Å². The van der Waals surface area contributed by atoms with Crippen molar-refractivity contribution in [1.82, 2.24) is 0 Å². The molecule has 1 heterocycles. The van der Waals surface area contributed by atoms with Gasteiger partial charge in [-0.15, -0.1) is 0 Å². The molecule has 1 aromatic heterocycles. The molecule has 0 aromatic carbocycles. The van der Waals surface area contributed by atoms with E-state index in [9.17, 15) is 5.11 Å². The molecule has 1 fully saturated rings. The summed E-state index contributed by atoms with van der Waals surface area (Å²) in [7, 11) is 0. The first kappa shape index (κ1) is 10.2. The molecule has 1 aromatic rings. The Bertz CT molecular complexity index is 308. The summed E-state index contributed by atoms with van der Waals surface area (Å²) in [6.07, 6.45) is 4.61. The lowest BCUT2D eigenvalue weighted by atomic mass is 9.98. The maximum Gasteiger partial charge on any atom is 0.146 e. The van der Waals surface area contributed by atoms with E-state index in [2.05, 4.69) is 22.9 Å². The van der Waals surface area contributed by atoms with Crippen molar-refractivity contribution in [2.45, 2.75) is 32.3 Å². The van der Waals surface area contributed by atoms with Crippen LogP contribution >= 0.6 is 15.9 Å². The van der Waals surface area contributed by atoms with E-state index >= 15 is 0 Å². The summed E-state index contributed by atoms with van der Waals surface area (Å²) in [5.41, 5.74) is 0. The van der Waals surface area contributed by atoms with E-state index < -0.39 is 6.10 Å². The zero-order chi connectivity index (χ0) is 10.1. The summed E-state index contributed by atoms with van der Waals surface area (Å²) in [6, 6.07) is 1.83. The van der Waals surface area contributed by atoms with Gasteiger partial charge in [-0.05, 0) is 46.7 Å². The van der Waals surface area contributed by atoms with Crippen LogP contribution in [0.3, 0.4) is 0 Å². The van der Waals surface area contributed by atoms with Crippen LogP contribution in [0.1, 0.15) is 38.1 Å². The van der Waals surface area contributed by atoms with E-state index in [0.717, 1.165) is 23.2 Å². The van der Waals surface area contributed by atoms with Crippen LogP contribution in [-0.4, -0.2) is 5.11 Å². The van der Waals surface area contributed by atoms with Gasteiger partial charge in [0.1, 0.15) is 11.9 Å². The van der Waals surface area contributed by atoms with Gasteiger partial charge in [0, 0.05) is 0 Å². The average molecular weight is 259 g/mol. The van der Waals surface area contributed by atoms with Crippen molar-refractivity contribution in [2.75, 3.05) is 0 Å². The number of halogens is 1. The van der Waals surface area contributed by atoms with E-state index in [1.54, 1.807) is 6.26 Å².